The number of halogens is 1. The van der Waals surface area contributed by atoms with Crippen molar-refractivity contribution >= 4 is 28.8 Å². The Morgan fingerprint density at radius 2 is 2.37 bits per heavy atom. The van der Waals surface area contributed by atoms with E-state index < -0.39 is 0 Å². The maximum Gasteiger partial charge on any atom is 0.240 e. The highest BCUT2D eigenvalue weighted by molar-refractivity contribution is 7.16. The number of likely N-dealkylation sites (N-methyl/N-ethyl adjacent to an activating group) is 1. The van der Waals surface area contributed by atoms with Crippen LogP contribution in [0.2, 0.25) is 4.34 Å². The predicted molar refractivity (Wildman–Crippen MR) is 80.6 cm³/mol. The summed E-state index contributed by atoms with van der Waals surface area (Å²) < 4.78 is 0.780. The number of piperidine rings is 1. The fraction of sp³-hybridized carbons (Fsp3) is 0.643. The van der Waals surface area contributed by atoms with Gasteiger partial charge in [0.2, 0.25) is 5.91 Å². The van der Waals surface area contributed by atoms with Crippen LogP contribution in [0.1, 0.15) is 31.6 Å². The Morgan fingerprint density at radius 1 is 1.58 bits per heavy atom. The molecule has 1 amide bonds. The molecule has 2 atom stereocenters. The van der Waals surface area contributed by atoms with Crippen molar-refractivity contribution in [3.05, 3.63) is 21.3 Å². The number of nitrogens with zero attached hydrogens (tertiary/aromatic N) is 1. The molecule has 1 aliphatic heterocycles. The molecule has 1 N–H and O–H groups in total. The molecular formula is C14H21ClN2OS. The van der Waals surface area contributed by atoms with Gasteiger partial charge in [-0.1, -0.05) is 18.5 Å². The number of hydrogen-bond donors (Lipinski definition) is 1. The fourth-order valence-corrected chi connectivity index (χ4v) is 3.59. The first-order valence-corrected chi connectivity index (χ1v) is 8.06. The molecule has 0 spiro atoms. The quantitative estimate of drug-likeness (QED) is 0.926. The van der Waals surface area contributed by atoms with Crippen molar-refractivity contribution in [2.75, 3.05) is 13.1 Å². The number of amides is 1. The SMILES string of the molecule is CCN(Cc1ccc(Cl)s1)C(=O)C1CC(C)CCN1. The van der Waals surface area contributed by atoms with Crippen LogP contribution in [0.4, 0.5) is 0 Å². The van der Waals surface area contributed by atoms with E-state index in [2.05, 4.69) is 12.2 Å². The van der Waals surface area contributed by atoms with Gasteiger partial charge in [-0.15, -0.1) is 11.3 Å². The Balaban J connectivity index is 1.98. The minimum absolute atomic E-state index is 0.0147. The molecule has 2 heterocycles. The first-order chi connectivity index (χ1) is 9.10. The number of carbonyl (C=O) groups excluding carboxylic acids is 1. The average Bonchev–Trinajstić information content (AvgIpc) is 2.81. The molecule has 1 aromatic rings. The van der Waals surface area contributed by atoms with Gasteiger partial charge < -0.3 is 10.2 Å². The fourth-order valence-electron chi connectivity index (χ4n) is 2.49. The van der Waals surface area contributed by atoms with Gasteiger partial charge in [-0.2, -0.15) is 0 Å². The third-order valence-electron chi connectivity index (χ3n) is 3.63. The molecule has 0 aliphatic carbocycles. The van der Waals surface area contributed by atoms with Gasteiger partial charge in [0.25, 0.3) is 0 Å². The minimum Gasteiger partial charge on any atom is -0.336 e. The standard InChI is InChI=1S/C14H21ClN2OS/c1-3-17(9-11-4-5-13(15)19-11)14(18)12-8-10(2)6-7-16-12/h4-5,10,12,16H,3,6-9H2,1-2H3. The van der Waals surface area contributed by atoms with Gasteiger partial charge >= 0.3 is 0 Å². The summed E-state index contributed by atoms with van der Waals surface area (Å²) in [6, 6.07) is 3.87. The van der Waals surface area contributed by atoms with Crippen molar-refractivity contribution in [3.8, 4) is 0 Å². The molecule has 2 rings (SSSR count). The Hall–Kier alpha value is -0.580. The Kier molecular flexibility index (Phi) is 5.25. The average molecular weight is 301 g/mol. The van der Waals surface area contributed by atoms with Gasteiger partial charge in [-0.25, -0.2) is 0 Å². The van der Waals surface area contributed by atoms with Gasteiger partial charge in [0, 0.05) is 11.4 Å². The van der Waals surface area contributed by atoms with Crippen molar-refractivity contribution in [1.29, 1.82) is 0 Å². The first-order valence-electron chi connectivity index (χ1n) is 6.86. The van der Waals surface area contributed by atoms with E-state index in [1.165, 1.54) is 0 Å². The Labute approximate surface area is 123 Å². The van der Waals surface area contributed by atoms with E-state index in [4.69, 9.17) is 11.6 Å². The van der Waals surface area contributed by atoms with Crippen LogP contribution in [0.15, 0.2) is 12.1 Å². The maximum atomic E-state index is 12.5. The van der Waals surface area contributed by atoms with Crippen molar-refractivity contribution in [1.82, 2.24) is 10.2 Å². The predicted octanol–water partition coefficient (Wildman–Crippen LogP) is 3.14. The topological polar surface area (TPSA) is 32.3 Å². The Bertz CT molecular complexity index is 435. The van der Waals surface area contributed by atoms with E-state index >= 15 is 0 Å². The molecule has 0 aromatic carbocycles. The molecule has 0 radical (unpaired) electrons. The highest BCUT2D eigenvalue weighted by Gasteiger charge is 2.27. The zero-order valence-corrected chi connectivity index (χ0v) is 13.1. The summed E-state index contributed by atoms with van der Waals surface area (Å²) in [5.74, 6) is 0.851. The number of thiophene rings is 1. The van der Waals surface area contributed by atoms with Gasteiger partial charge in [-0.3, -0.25) is 4.79 Å². The lowest BCUT2D eigenvalue weighted by atomic mass is 9.93. The second kappa shape index (κ2) is 6.73. The second-order valence-electron chi connectivity index (χ2n) is 5.19. The summed E-state index contributed by atoms with van der Waals surface area (Å²) in [5, 5.41) is 3.34. The highest BCUT2D eigenvalue weighted by atomic mass is 35.5. The van der Waals surface area contributed by atoms with Crippen LogP contribution in [-0.4, -0.2) is 29.9 Å². The van der Waals surface area contributed by atoms with E-state index in [1.54, 1.807) is 11.3 Å². The summed E-state index contributed by atoms with van der Waals surface area (Å²) in [6.07, 6.45) is 2.11. The number of nitrogens with one attached hydrogen (secondary N) is 1. The summed E-state index contributed by atoms with van der Waals surface area (Å²) in [6.45, 7) is 6.59. The molecule has 1 aliphatic rings. The summed E-state index contributed by atoms with van der Waals surface area (Å²) in [5.41, 5.74) is 0. The summed E-state index contributed by atoms with van der Waals surface area (Å²) >= 11 is 7.48. The zero-order valence-electron chi connectivity index (χ0n) is 11.5. The molecule has 1 fully saturated rings. The molecule has 0 bridgehead atoms. The second-order valence-corrected chi connectivity index (χ2v) is 6.99. The Morgan fingerprint density at radius 3 is 2.95 bits per heavy atom. The summed E-state index contributed by atoms with van der Waals surface area (Å²) in [7, 11) is 0. The van der Waals surface area contributed by atoms with Crippen molar-refractivity contribution in [3.63, 3.8) is 0 Å². The third kappa shape index (κ3) is 3.94. The lowest BCUT2D eigenvalue weighted by Crippen LogP contribution is -2.49. The normalized spacial score (nSPS) is 23.3. The lowest BCUT2D eigenvalue weighted by molar-refractivity contribution is -0.134. The van der Waals surface area contributed by atoms with Gasteiger partial charge in [0.05, 0.1) is 16.9 Å². The highest BCUT2D eigenvalue weighted by Crippen LogP contribution is 2.23. The largest absolute Gasteiger partial charge is 0.336 e. The van der Waals surface area contributed by atoms with Gasteiger partial charge in [-0.05, 0) is 44.4 Å². The van der Waals surface area contributed by atoms with E-state index in [1.807, 2.05) is 24.0 Å². The number of carbonyl (C=O) groups is 1. The van der Waals surface area contributed by atoms with Crippen LogP contribution < -0.4 is 5.32 Å². The van der Waals surface area contributed by atoms with Crippen molar-refractivity contribution in [2.24, 2.45) is 5.92 Å². The molecule has 19 heavy (non-hydrogen) atoms. The smallest absolute Gasteiger partial charge is 0.240 e. The summed E-state index contributed by atoms with van der Waals surface area (Å²) in [4.78, 5) is 15.6. The van der Waals surface area contributed by atoms with Crippen LogP contribution in [0, 0.1) is 5.92 Å². The minimum atomic E-state index is -0.0147. The van der Waals surface area contributed by atoms with Crippen LogP contribution in [0.5, 0.6) is 0 Å². The van der Waals surface area contributed by atoms with Gasteiger partial charge in [0.15, 0.2) is 0 Å². The molecular weight excluding hydrogens is 280 g/mol. The molecule has 2 unspecified atom stereocenters. The molecule has 5 heteroatoms. The van der Waals surface area contributed by atoms with Crippen LogP contribution in [0.25, 0.3) is 0 Å². The monoisotopic (exact) mass is 300 g/mol. The molecule has 106 valence electrons. The first kappa shape index (κ1) is 14.8. The van der Waals surface area contributed by atoms with Gasteiger partial charge in [0.1, 0.15) is 0 Å². The van der Waals surface area contributed by atoms with Crippen molar-refractivity contribution in [2.45, 2.75) is 39.3 Å². The molecule has 0 saturated carbocycles. The zero-order chi connectivity index (χ0) is 13.8. The van der Waals surface area contributed by atoms with Crippen LogP contribution in [-0.2, 0) is 11.3 Å². The van der Waals surface area contributed by atoms with Crippen LogP contribution in [0.3, 0.4) is 0 Å². The molecule has 1 aromatic heterocycles. The van der Waals surface area contributed by atoms with E-state index in [0.717, 1.165) is 35.1 Å². The number of hydrogen-bond acceptors (Lipinski definition) is 3. The maximum absolute atomic E-state index is 12.5. The van der Waals surface area contributed by atoms with E-state index in [0.29, 0.717) is 12.5 Å². The van der Waals surface area contributed by atoms with Crippen molar-refractivity contribution < 1.29 is 4.79 Å². The third-order valence-corrected chi connectivity index (χ3v) is 4.85. The van der Waals surface area contributed by atoms with Crippen LogP contribution >= 0.6 is 22.9 Å². The lowest BCUT2D eigenvalue weighted by Gasteiger charge is -2.31. The van der Waals surface area contributed by atoms with E-state index in [-0.39, 0.29) is 11.9 Å². The molecule has 3 nitrogen and oxygen atoms in total. The van der Waals surface area contributed by atoms with E-state index in [9.17, 15) is 4.79 Å². The number of rotatable bonds is 4. The molecule has 1 saturated heterocycles.